The number of hydrogen-bond acceptors (Lipinski definition) is 6. The SMILES string of the molecule is CC1CCN(C(=O)C(c2ccc(F)cc2F)n2cnc(NC(=O)C(COCc3ccccc3)NC(=O)C(C)(C)N)c2)CC1. The molecule has 1 fully saturated rings. The van der Waals surface area contributed by atoms with E-state index < -0.39 is 41.1 Å². The molecule has 10 nitrogen and oxygen atoms in total. The number of carbonyl (C=O) groups excluding carboxylic acids is 3. The number of nitrogens with one attached hydrogen (secondary N) is 2. The van der Waals surface area contributed by atoms with Crippen molar-refractivity contribution in [1.82, 2.24) is 19.8 Å². The molecule has 2 atom stereocenters. The summed E-state index contributed by atoms with van der Waals surface area (Å²) in [6.45, 7) is 6.22. The van der Waals surface area contributed by atoms with Gasteiger partial charge in [0.15, 0.2) is 5.82 Å². The first kappa shape index (κ1) is 31.8. The fraction of sp³-hybridized carbons (Fsp3) is 0.419. The van der Waals surface area contributed by atoms with Gasteiger partial charge in [-0.15, -0.1) is 0 Å². The van der Waals surface area contributed by atoms with Gasteiger partial charge < -0.3 is 30.6 Å². The molecule has 0 radical (unpaired) electrons. The second-order valence-corrected chi connectivity index (χ2v) is 11.5. The average molecular weight is 597 g/mol. The number of carbonyl (C=O) groups is 3. The van der Waals surface area contributed by atoms with Gasteiger partial charge in [-0.2, -0.15) is 0 Å². The molecule has 0 spiro atoms. The van der Waals surface area contributed by atoms with Crippen LogP contribution in [0.2, 0.25) is 0 Å². The summed E-state index contributed by atoms with van der Waals surface area (Å²) >= 11 is 0. The van der Waals surface area contributed by atoms with Gasteiger partial charge in [0.25, 0.3) is 5.91 Å². The molecule has 2 unspecified atom stereocenters. The molecule has 2 heterocycles. The van der Waals surface area contributed by atoms with Crippen LogP contribution in [0.3, 0.4) is 0 Å². The lowest BCUT2D eigenvalue weighted by Crippen LogP contribution is -2.56. The zero-order valence-corrected chi connectivity index (χ0v) is 24.6. The summed E-state index contributed by atoms with van der Waals surface area (Å²) in [6.07, 6.45) is 4.33. The minimum atomic E-state index is -1.25. The van der Waals surface area contributed by atoms with Crippen LogP contribution in [0, 0.1) is 17.6 Å². The molecule has 4 N–H and O–H groups in total. The van der Waals surface area contributed by atoms with Crippen molar-refractivity contribution in [2.75, 3.05) is 25.0 Å². The van der Waals surface area contributed by atoms with E-state index in [1.807, 2.05) is 30.3 Å². The number of aromatic nitrogens is 2. The summed E-state index contributed by atoms with van der Waals surface area (Å²) in [5.41, 5.74) is 5.53. The number of nitrogens with zero attached hydrogens (tertiary/aromatic N) is 3. The fourth-order valence-corrected chi connectivity index (χ4v) is 4.70. The third-order valence-corrected chi connectivity index (χ3v) is 7.34. The van der Waals surface area contributed by atoms with Gasteiger partial charge in [0.1, 0.15) is 23.7 Å². The van der Waals surface area contributed by atoms with Gasteiger partial charge in [0.05, 0.1) is 25.1 Å². The highest BCUT2D eigenvalue weighted by Crippen LogP contribution is 2.28. The third-order valence-electron chi connectivity index (χ3n) is 7.34. The van der Waals surface area contributed by atoms with Crippen LogP contribution < -0.4 is 16.4 Å². The summed E-state index contributed by atoms with van der Waals surface area (Å²) in [5.74, 6) is -2.65. The Bertz CT molecular complexity index is 1420. The average Bonchev–Trinajstić information content (AvgIpc) is 3.41. The van der Waals surface area contributed by atoms with E-state index in [-0.39, 0.29) is 30.5 Å². The van der Waals surface area contributed by atoms with Crippen molar-refractivity contribution in [1.29, 1.82) is 0 Å². The lowest BCUT2D eigenvalue weighted by Gasteiger charge is -2.33. The number of halogens is 2. The quantitative estimate of drug-likeness (QED) is 0.311. The minimum absolute atomic E-state index is 0.0232. The molecule has 12 heteroatoms. The Labute approximate surface area is 249 Å². The lowest BCUT2D eigenvalue weighted by atomic mass is 9.97. The zero-order chi connectivity index (χ0) is 31.1. The monoisotopic (exact) mass is 596 g/mol. The maximum atomic E-state index is 15.0. The van der Waals surface area contributed by atoms with E-state index in [2.05, 4.69) is 22.5 Å². The number of rotatable bonds is 11. The Hall–Kier alpha value is -4.16. The minimum Gasteiger partial charge on any atom is -0.374 e. The Balaban J connectivity index is 1.54. The van der Waals surface area contributed by atoms with Gasteiger partial charge in [-0.25, -0.2) is 13.8 Å². The molecule has 3 aromatic rings. The van der Waals surface area contributed by atoms with Gasteiger partial charge in [0, 0.05) is 30.9 Å². The first-order valence-corrected chi connectivity index (χ1v) is 14.2. The Morgan fingerprint density at radius 1 is 1.12 bits per heavy atom. The van der Waals surface area contributed by atoms with E-state index >= 15 is 0 Å². The van der Waals surface area contributed by atoms with Gasteiger partial charge in [-0.3, -0.25) is 14.4 Å². The number of piperidine rings is 1. The molecule has 3 amide bonds. The van der Waals surface area contributed by atoms with Crippen molar-refractivity contribution in [2.24, 2.45) is 11.7 Å². The smallest absolute Gasteiger partial charge is 0.250 e. The van der Waals surface area contributed by atoms with Crippen molar-refractivity contribution in [3.8, 4) is 0 Å². The van der Waals surface area contributed by atoms with Crippen LogP contribution in [-0.2, 0) is 25.7 Å². The molecule has 1 saturated heterocycles. The van der Waals surface area contributed by atoms with E-state index in [1.54, 1.807) is 4.90 Å². The number of nitrogens with two attached hydrogens (primary N) is 1. The Kier molecular flexibility index (Phi) is 10.3. The maximum absolute atomic E-state index is 15.0. The topological polar surface area (TPSA) is 132 Å². The molecule has 1 aromatic heterocycles. The molecular weight excluding hydrogens is 558 g/mol. The molecule has 2 aromatic carbocycles. The number of likely N-dealkylation sites (tertiary alicyclic amines) is 1. The highest BCUT2D eigenvalue weighted by Gasteiger charge is 2.33. The zero-order valence-electron chi connectivity index (χ0n) is 24.6. The van der Waals surface area contributed by atoms with E-state index in [0.29, 0.717) is 19.0 Å². The summed E-state index contributed by atoms with van der Waals surface area (Å²) in [4.78, 5) is 45.5. The summed E-state index contributed by atoms with van der Waals surface area (Å²) < 4.78 is 35.8. The van der Waals surface area contributed by atoms with Crippen molar-refractivity contribution in [2.45, 2.75) is 57.8 Å². The van der Waals surface area contributed by atoms with Gasteiger partial charge >= 0.3 is 0 Å². The highest BCUT2D eigenvalue weighted by molar-refractivity contribution is 5.98. The number of ether oxygens (including phenoxy) is 1. The number of hydrogen-bond donors (Lipinski definition) is 3. The summed E-state index contributed by atoms with van der Waals surface area (Å²) in [5, 5.41) is 5.25. The standard InChI is InChI=1S/C31H38F2N6O4/c1-20-11-13-38(14-12-20)29(41)27(23-10-9-22(32)15-24(23)33)39-16-26(35-19-39)37-28(40)25(36-30(42)31(2,3)34)18-43-17-21-7-5-4-6-8-21/h4-10,15-16,19-20,25,27H,11-14,17-18,34H2,1-3H3,(H,36,42)(H,37,40). The molecule has 1 aliphatic rings. The van der Waals surface area contributed by atoms with E-state index in [1.165, 1.54) is 37.0 Å². The predicted octanol–water partition coefficient (Wildman–Crippen LogP) is 3.39. The Morgan fingerprint density at radius 2 is 1.81 bits per heavy atom. The number of imidazole rings is 1. The number of amides is 3. The van der Waals surface area contributed by atoms with Crippen LogP contribution in [0.15, 0.2) is 61.1 Å². The van der Waals surface area contributed by atoms with Crippen LogP contribution in [-0.4, -0.2) is 63.4 Å². The third kappa shape index (κ3) is 8.45. The maximum Gasteiger partial charge on any atom is 0.250 e. The second-order valence-electron chi connectivity index (χ2n) is 11.5. The Morgan fingerprint density at radius 3 is 2.47 bits per heavy atom. The molecule has 43 heavy (non-hydrogen) atoms. The molecule has 4 rings (SSSR count). The van der Waals surface area contributed by atoms with Crippen LogP contribution in [0.4, 0.5) is 14.6 Å². The van der Waals surface area contributed by atoms with E-state index in [4.69, 9.17) is 10.5 Å². The predicted molar refractivity (Wildman–Crippen MR) is 157 cm³/mol. The molecule has 230 valence electrons. The van der Waals surface area contributed by atoms with E-state index in [0.717, 1.165) is 30.5 Å². The van der Waals surface area contributed by atoms with Gasteiger partial charge in [-0.1, -0.05) is 43.3 Å². The van der Waals surface area contributed by atoms with E-state index in [9.17, 15) is 23.2 Å². The van der Waals surface area contributed by atoms with Crippen LogP contribution in [0.25, 0.3) is 0 Å². The number of benzene rings is 2. The van der Waals surface area contributed by atoms with Gasteiger partial charge in [-0.05, 0) is 44.2 Å². The van der Waals surface area contributed by atoms with Crippen molar-refractivity contribution < 1.29 is 27.9 Å². The summed E-state index contributed by atoms with van der Waals surface area (Å²) in [6, 6.07) is 10.1. The van der Waals surface area contributed by atoms with Crippen LogP contribution in [0.5, 0.6) is 0 Å². The molecular formula is C31H38F2N6O4. The van der Waals surface area contributed by atoms with Crippen molar-refractivity contribution in [3.05, 3.63) is 83.8 Å². The molecule has 0 saturated carbocycles. The normalized spacial score (nSPS) is 15.5. The largest absolute Gasteiger partial charge is 0.374 e. The van der Waals surface area contributed by atoms with Gasteiger partial charge in [0.2, 0.25) is 11.8 Å². The lowest BCUT2D eigenvalue weighted by molar-refractivity contribution is -0.135. The van der Waals surface area contributed by atoms with Crippen LogP contribution in [0.1, 0.15) is 50.8 Å². The van der Waals surface area contributed by atoms with Crippen LogP contribution >= 0.6 is 0 Å². The first-order valence-electron chi connectivity index (χ1n) is 14.2. The molecule has 0 aliphatic carbocycles. The highest BCUT2D eigenvalue weighted by atomic mass is 19.1. The number of anilines is 1. The fourth-order valence-electron chi connectivity index (χ4n) is 4.70. The summed E-state index contributed by atoms with van der Waals surface area (Å²) in [7, 11) is 0. The van der Waals surface area contributed by atoms with Crippen molar-refractivity contribution >= 4 is 23.5 Å². The molecule has 1 aliphatic heterocycles. The second kappa shape index (κ2) is 13.9. The first-order chi connectivity index (χ1) is 20.4. The van der Waals surface area contributed by atoms with Crippen molar-refractivity contribution in [3.63, 3.8) is 0 Å². The molecule has 0 bridgehead atoms.